The first kappa shape index (κ1) is 5.59. The molecule has 0 nitrogen and oxygen atoms in total. The highest BCUT2D eigenvalue weighted by atomic mass is 14.3. The lowest BCUT2D eigenvalue weighted by molar-refractivity contribution is 0.786. The van der Waals surface area contributed by atoms with Gasteiger partial charge in [0, 0.05) is 5.92 Å². The monoisotopic (exact) mass is 142 g/mol. The minimum Gasteiger partial charge on any atom is -0.0731 e. The third kappa shape index (κ3) is 0.597. The summed E-state index contributed by atoms with van der Waals surface area (Å²) in [5.41, 5.74) is 4.67. The van der Waals surface area contributed by atoms with Gasteiger partial charge in [0.15, 0.2) is 0 Å². The minimum atomic E-state index is 0.765. The summed E-state index contributed by atoms with van der Waals surface area (Å²) in [6, 6.07) is 8.80. The number of hydrogen-bond acceptors (Lipinski definition) is 0. The minimum absolute atomic E-state index is 0.765. The quantitative estimate of drug-likeness (QED) is 0.522. The average molecular weight is 142 g/mol. The molecule has 0 aliphatic heterocycles. The summed E-state index contributed by atoms with van der Waals surface area (Å²) in [7, 11) is 0. The lowest BCUT2D eigenvalue weighted by Crippen LogP contribution is -1.95. The van der Waals surface area contributed by atoms with E-state index in [0.29, 0.717) is 0 Å². The van der Waals surface area contributed by atoms with E-state index in [4.69, 9.17) is 0 Å². The molecule has 0 saturated carbocycles. The predicted molar refractivity (Wildman–Crippen MR) is 46.4 cm³/mol. The van der Waals surface area contributed by atoms with E-state index in [1.807, 2.05) is 0 Å². The Kier molecular flexibility index (Phi) is 0.894. The molecule has 0 aromatic heterocycles. The molecule has 54 valence electrons. The van der Waals surface area contributed by atoms with E-state index in [9.17, 15) is 0 Å². The molecule has 11 heavy (non-hydrogen) atoms. The first-order valence-corrected chi connectivity index (χ1v) is 4.25. The zero-order valence-electron chi connectivity index (χ0n) is 6.38. The fraction of sp³-hybridized carbons (Fsp3) is 0.273. The summed E-state index contributed by atoms with van der Waals surface area (Å²) in [4.78, 5) is 0. The van der Waals surface area contributed by atoms with Crippen LogP contribution in [0.5, 0.6) is 0 Å². The maximum absolute atomic E-state index is 2.44. The highest BCUT2D eigenvalue weighted by Gasteiger charge is 2.27. The van der Waals surface area contributed by atoms with Gasteiger partial charge in [-0.1, -0.05) is 30.3 Å². The maximum Gasteiger partial charge on any atom is 0.00332 e. The molecule has 2 aliphatic rings. The molecule has 0 saturated heterocycles. The third-order valence-corrected chi connectivity index (χ3v) is 2.83. The highest BCUT2D eigenvalue weighted by molar-refractivity contribution is 5.77. The summed E-state index contributed by atoms with van der Waals surface area (Å²) in [6.45, 7) is 0. The molecule has 0 fully saturated rings. The summed E-state index contributed by atoms with van der Waals surface area (Å²) in [5, 5.41) is 0. The Balaban J connectivity index is 2.30. The van der Waals surface area contributed by atoms with Crippen molar-refractivity contribution < 1.29 is 0 Å². The van der Waals surface area contributed by atoms with Gasteiger partial charge >= 0.3 is 0 Å². The van der Waals surface area contributed by atoms with E-state index in [1.165, 1.54) is 18.4 Å². The molecule has 0 amide bonds. The summed E-state index contributed by atoms with van der Waals surface area (Å²) in [5.74, 6) is 0.765. The summed E-state index contributed by atoms with van der Waals surface area (Å²) in [6.07, 6.45) is 5.10. The van der Waals surface area contributed by atoms with Gasteiger partial charge in [-0.2, -0.15) is 0 Å². The van der Waals surface area contributed by atoms with E-state index in [-0.39, 0.29) is 0 Å². The molecule has 1 aromatic carbocycles. The Morgan fingerprint density at radius 1 is 1.18 bits per heavy atom. The van der Waals surface area contributed by atoms with E-state index < -0.39 is 0 Å². The summed E-state index contributed by atoms with van der Waals surface area (Å²) >= 11 is 0. The van der Waals surface area contributed by atoms with Crippen molar-refractivity contribution in [3.63, 3.8) is 0 Å². The number of benzene rings is 1. The van der Waals surface area contributed by atoms with E-state index in [1.54, 1.807) is 11.1 Å². The Morgan fingerprint density at radius 3 is 3.00 bits per heavy atom. The van der Waals surface area contributed by atoms with Crippen LogP contribution in [-0.4, -0.2) is 0 Å². The van der Waals surface area contributed by atoms with Crippen LogP contribution in [0, 0.1) is 0 Å². The Morgan fingerprint density at radius 2 is 2.09 bits per heavy atom. The fourth-order valence-electron chi connectivity index (χ4n) is 2.30. The molecule has 0 spiro atoms. The van der Waals surface area contributed by atoms with Crippen molar-refractivity contribution in [2.45, 2.75) is 18.8 Å². The van der Waals surface area contributed by atoms with Crippen LogP contribution in [0.25, 0.3) is 5.57 Å². The van der Waals surface area contributed by atoms with Crippen LogP contribution in [0.4, 0.5) is 0 Å². The maximum atomic E-state index is 2.44. The van der Waals surface area contributed by atoms with Gasteiger partial charge < -0.3 is 0 Å². The molecule has 0 N–H and O–H groups in total. The van der Waals surface area contributed by atoms with Gasteiger partial charge in [0.2, 0.25) is 0 Å². The van der Waals surface area contributed by atoms with Gasteiger partial charge in [-0.25, -0.2) is 0 Å². The smallest absolute Gasteiger partial charge is 0.00332 e. The molecule has 2 bridgehead atoms. The van der Waals surface area contributed by atoms with Crippen molar-refractivity contribution in [3.8, 4) is 0 Å². The average Bonchev–Trinajstić information content (AvgIpc) is 2.64. The van der Waals surface area contributed by atoms with Gasteiger partial charge in [-0.3, -0.25) is 0 Å². The van der Waals surface area contributed by atoms with Crippen LogP contribution >= 0.6 is 0 Å². The zero-order chi connectivity index (χ0) is 7.26. The third-order valence-electron chi connectivity index (χ3n) is 2.83. The topological polar surface area (TPSA) is 0 Å². The number of fused-ring (bicyclic) bond motifs is 4. The molecule has 3 rings (SSSR count). The molecular weight excluding hydrogens is 132 g/mol. The number of allylic oxidation sites excluding steroid dienone is 2. The van der Waals surface area contributed by atoms with Crippen LogP contribution in [0.3, 0.4) is 0 Å². The number of hydrogen-bond donors (Lipinski definition) is 0. The van der Waals surface area contributed by atoms with E-state index in [0.717, 1.165) is 5.92 Å². The van der Waals surface area contributed by atoms with Crippen LogP contribution in [0.15, 0.2) is 30.3 Å². The lowest BCUT2D eigenvalue weighted by atomic mass is 9.91. The van der Waals surface area contributed by atoms with Gasteiger partial charge in [0.05, 0.1) is 0 Å². The summed E-state index contributed by atoms with van der Waals surface area (Å²) < 4.78 is 0. The molecule has 0 radical (unpaired) electrons. The highest BCUT2D eigenvalue weighted by Crippen LogP contribution is 2.46. The predicted octanol–water partition coefficient (Wildman–Crippen LogP) is 2.96. The van der Waals surface area contributed by atoms with Crippen molar-refractivity contribution in [1.82, 2.24) is 0 Å². The second-order valence-corrected chi connectivity index (χ2v) is 3.42. The first-order valence-electron chi connectivity index (χ1n) is 4.25. The second kappa shape index (κ2) is 1.76. The Bertz CT molecular complexity index is 334. The Hall–Kier alpha value is -1.04. The van der Waals surface area contributed by atoms with Crippen molar-refractivity contribution in [3.05, 3.63) is 41.5 Å². The molecule has 0 heteroatoms. The van der Waals surface area contributed by atoms with Crippen LogP contribution in [-0.2, 0) is 0 Å². The molecule has 1 aromatic rings. The van der Waals surface area contributed by atoms with Gasteiger partial charge in [-0.05, 0) is 29.5 Å². The molecule has 1 atom stereocenters. The van der Waals surface area contributed by atoms with Gasteiger partial charge in [-0.15, -0.1) is 0 Å². The molecular formula is C11H10. The molecule has 0 heterocycles. The van der Waals surface area contributed by atoms with Crippen LogP contribution < -0.4 is 0 Å². The van der Waals surface area contributed by atoms with E-state index >= 15 is 0 Å². The molecule has 1 unspecified atom stereocenters. The van der Waals surface area contributed by atoms with Crippen molar-refractivity contribution in [2.24, 2.45) is 0 Å². The first-order chi connectivity index (χ1) is 5.45. The van der Waals surface area contributed by atoms with Crippen LogP contribution in [0.2, 0.25) is 0 Å². The van der Waals surface area contributed by atoms with Gasteiger partial charge in [0.1, 0.15) is 0 Å². The fourth-order valence-corrected chi connectivity index (χ4v) is 2.30. The molecule has 2 aliphatic carbocycles. The normalized spacial score (nSPS) is 25.1. The largest absolute Gasteiger partial charge is 0.0731 e. The SMILES string of the molecule is C1=C2CCC1c1ccccc12. The van der Waals surface area contributed by atoms with Crippen molar-refractivity contribution in [2.75, 3.05) is 0 Å². The second-order valence-electron chi connectivity index (χ2n) is 3.42. The Labute approximate surface area is 66.6 Å². The van der Waals surface area contributed by atoms with Gasteiger partial charge in [0.25, 0.3) is 0 Å². The van der Waals surface area contributed by atoms with Crippen molar-refractivity contribution >= 4 is 5.57 Å². The van der Waals surface area contributed by atoms with E-state index in [2.05, 4.69) is 30.3 Å². The lowest BCUT2D eigenvalue weighted by Gasteiger charge is -2.13. The number of rotatable bonds is 0. The zero-order valence-corrected chi connectivity index (χ0v) is 6.38. The standard InChI is InChI=1S/C11H10/c1-2-4-11-9-6-5-8(7-9)10(11)3-1/h1-4,7-8H,5-6H2. The van der Waals surface area contributed by atoms with Crippen molar-refractivity contribution in [1.29, 1.82) is 0 Å². The van der Waals surface area contributed by atoms with Crippen LogP contribution in [0.1, 0.15) is 29.9 Å².